The predicted molar refractivity (Wildman–Crippen MR) is 132 cm³/mol. The molecule has 1 aliphatic heterocycles. The molecule has 1 heterocycles. The summed E-state index contributed by atoms with van der Waals surface area (Å²) < 4.78 is 12.0. The fraction of sp³-hybridized carbons (Fsp3) is 0.320. The van der Waals surface area contributed by atoms with E-state index in [9.17, 15) is 14.4 Å². The van der Waals surface area contributed by atoms with Crippen LogP contribution >= 0.6 is 27.5 Å². The third kappa shape index (κ3) is 5.28. The summed E-state index contributed by atoms with van der Waals surface area (Å²) in [4.78, 5) is 39.3. The van der Waals surface area contributed by atoms with Crippen LogP contribution in [0.2, 0.25) is 5.02 Å². The van der Waals surface area contributed by atoms with E-state index in [1.165, 1.54) is 18.1 Å². The Hall–Kier alpha value is -2.84. The molecule has 1 saturated heterocycles. The maximum Gasteiger partial charge on any atom is 0.331 e. The molecule has 0 bridgehead atoms. The Morgan fingerprint density at radius 1 is 1.09 bits per heavy atom. The second kappa shape index (κ2) is 10.6. The average molecular weight is 548 g/mol. The second-order valence-corrected chi connectivity index (χ2v) is 9.51. The van der Waals surface area contributed by atoms with Crippen molar-refractivity contribution in [2.24, 2.45) is 0 Å². The average Bonchev–Trinajstić information content (AvgIpc) is 2.83. The van der Waals surface area contributed by atoms with E-state index >= 15 is 0 Å². The maximum atomic E-state index is 13.2. The minimum absolute atomic E-state index is 0.0947. The van der Waals surface area contributed by atoms with Crippen molar-refractivity contribution < 1.29 is 23.9 Å². The van der Waals surface area contributed by atoms with Crippen molar-refractivity contribution in [3.8, 4) is 11.5 Å². The summed E-state index contributed by atoms with van der Waals surface area (Å²) in [5.74, 6) is -0.358. The maximum absolute atomic E-state index is 13.2. The number of imide groups is 2. The largest absolute Gasteiger partial charge is 0.493 e. The van der Waals surface area contributed by atoms with Crippen LogP contribution in [0.3, 0.4) is 0 Å². The number of nitrogens with zero attached hydrogens (tertiary/aromatic N) is 1. The summed E-state index contributed by atoms with van der Waals surface area (Å²) >= 11 is 9.43. The van der Waals surface area contributed by atoms with E-state index in [-0.39, 0.29) is 11.6 Å². The van der Waals surface area contributed by atoms with E-state index in [4.69, 9.17) is 21.1 Å². The van der Waals surface area contributed by atoms with Gasteiger partial charge in [0.2, 0.25) is 0 Å². The van der Waals surface area contributed by atoms with Gasteiger partial charge < -0.3 is 9.47 Å². The zero-order chi connectivity index (χ0) is 24.2. The lowest BCUT2D eigenvalue weighted by molar-refractivity contribution is -0.132. The van der Waals surface area contributed by atoms with Gasteiger partial charge in [-0.3, -0.25) is 19.8 Å². The van der Waals surface area contributed by atoms with Crippen LogP contribution in [0, 0.1) is 0 Å². The standard InChI is InChI=1S/C25H24BrClN2O5/c1-33-21-12-16(20(26)13-22(21)34-14-15-7-9-17(27)10-8-15)11-19-23(30)28-25(32)29(24(19)31)18-5-3-2-4-6-18/h7-13,18H,2-6,14H2,1H3,(H,28,30,32). The van der Waals surface area contributed by atoms with Crippen LogP contribution in [0.25, 0.3) is 6.08 Å². The van der Waals surface area contributed by atoms with E-state index in [0.717, 1.165) is 37.7 Å². The third-order valence-electron chi connectivity index (χ3n) is 5.96. The molecule has 0 radical (unpaired) electrons. The molecule has 4 rings (SSSR count). The molecule has 2 fully saturated rings. The first-order valence-corrected chi connectivity index (χ1v) is 12.2. The van der Waals surface area contributed by atoms with Crippen molar-refractivity contribution in [3.05, 3.63) is 62.6 Å². The molecule has 0 spiro atoms. The molecular formula is C25H24BrClN2O5. The molecule has 34 heavy (non-hydrogen) atoms. The summed E-state index contributed by atoms with van der Waals surface area (Å²) in [5, 5.41) is 2.95. The molecule has 1 N–H and O–H groups in total. The number of benzene rings is 2. The van der Waals surface area contributed by atoms with E-state index in [1.54, 1.807) is 24.3 Å². The number of halogens is 2. The van der Waals surface area contributed by atoms with Crippen LogP contribution < -0.4 is 14.8 Å². The van der Waals surface area contributed by atoms with Gasteiger partial charge in [0.1, 0.15) is 12.2 Å². The highest BCUT2D eigenvalue weighted by atomic mass is 79.9. The van der Waals surface area contributed by atoms with E-state index in [0.29, 0.717) is 33.2 Å². The van der Waals surface area contributed by atoms with Gasteiger partial charge in [-0.2, -0.15) is 0 Å². The van der Waals surface area contributed by atoms with Gasteiger partial charge >= 0.3 is 6.03 Å². The van der Waals surface area contributed by atoms with Crippen molar-refractivity contribution in [2.45, 2.75) is 44.8 Å². The number of barbiturate groups is 1. The van der Waals surface area contributed by atoms with Crippen LogP contribution in [0.5, 0.6) is 11.5 Å². The van der Waals surface area contributed by atoms with Crippen LogP contribution in [0.15, 0.2) is 46.4 Å². The van der Waals surface area contributed by atoms with Gasteiger partial charge in [-0.15, -0.1) is 0 Å². The number of methoxy groups -OCH3 is 1. The van der Waals surface area contributed by atoms with Crippen molar-refractivity contribution in [2.75, 3.05) is 7.11 Å². The Labute approximate surface area is 211 Å². The number of hydrogen-bond donors (Lipinski definition) is 1. The zero-order valence-electron chi connectivity index (χ0n) is 18.6. The first-order valence-electron chi connectivity index (χ1n) is 11.0. The lowest BCUT2D eigenvalue weighted by Gasteiger charge is -2.35. The molecule has 2 aromatic carbocycles. The zero-order valence-corrected chi connectivity index (χ0v) is 20.9. The molecule has 7 nitrogen and oxygen atoms in total. The molecule has 0 atom stereocenters. The molecule has 0 unspecified atom stereocenters. The Morgan fingerprint density at radius 3 is 2.47 bits per heavy atom. The summed E-state index contributed by atoms with van der Waals surface area (Å²) in [7, 11) is 1.51. The number of carbonyl (C=O) groups is 3. The number of rotatable bonds is 6. The molecule has 178 valence electrons. The smallest absolute Gasteiger partial charge is 0.331 e. The number of amides is 4. The fourth-order valence-corrected chi connectivity index (χ4v) is 4.74. The lowest BCUT2D eigenvalue weighted by atomic mass is 9.93. The predicted octanol–water partition coefficient (Wildman–Crippen LogP) is 5.48. The summed E-state index contributed by atoms with van der Waals surface area (Å²) in [5.41, 5.74) is 1.39. The first kappa shape index (κ1) is 24.3. The molecule has 2 aliphatic rings. The van der Waals surface area contributed by atoms with Crippen LogP contribution in [-0.4, -0.2) is 35.9 Å². The topological polar surface area (TPSA) is 84.9 Å². The van der Waals surface area contributed by atoms with E-state index in [1.807, 2.05) is 12.1 Å². The van der Waals surface area contributed by atoms with Crippen LogP contribution in [-0.2, 0) is 16.2 Å². The van der Waals surface area contributed by atoms with E-state index in [2.05, 4.69) is 21.2 Å². The minimum atomic E-state index is -0.712. The summed E-state index contributed by atoms with van der Waals surface area (Å²) in [6.45, 7) is 0.305. The second-order valence-electron chi connectivity index (χ2n) is 8.22. The van der Waals surface area contributed by atoms with Crippen LogP contribution in [0.4, 0.5) is 4.79 Å². The molecule has 1 saturated carbocycles. The molecule has 0 aromatic heterocycles. The highest BCUT2D eigenvalue weighted by Crippen LogP contribution is 2.36. The highest BCUT2D eigenvalue weighted by Gasteiger charge is 2.40. The van der Waals surface area contributed by atoms with Crippen LogP contribution in [0.1, 0.15) is 43.2 Å². The summed E-state index contributed by atoms with van der Waals surface area (Å²) in [6.07, 6.45) is 5.95. The van der Waals surface area contributed by atoms with Crippen molar-refractivity contribution in [1.82, 2.24) is 10.2 Å². The normalized spacial score (nSPS) is 18.3. The molecule has 2 aromatic rings. The number of nitrogens with one attached hydrogen (secondary N) is 1. The number of carbonyl (C=O) groups excluding carboxylic acids is 3. The Kier molecular flexibility index (Phi) is 7.58. The van der Waals surface area contributed by atoms with E-state index < -0.39 is 17.8 Å². The molecule has 9 heteroatoms. The minimum Gasteiger partial charge on any atom is -0.493 e. The van der Waals surface area contributed by atoms with Gasteiger partial charge in [0, 0.05) is 15.5 Å². The van der Waals surface area contributed by atoms with Gasteiger partial charge in [-0.05, 0) is 54.3 Å². The first-order chi connectivity index (χ1) is 16.4. The Morgan fingerprint density at radius 2 is 1.79 bits per heavy atom. The Bertz CT molecular complexity index is 1140. The molecule has 4 amide bonds. The number of ether oxygens (including phenoxy) is 2. The quantitative estimate of drug-likeness (QED) is 0.382. The lowest BCUT2D eigenvalue weighted by Crippen LogP contribution is -2.58. The van der Waals surface area contributed by atoms with Crippen molar-refractivity contribution in [3.63, 3.8) is 0 Å². The number of urea groups is 1. The molecule has 1 aliphatic carbocycles. The summed E-state index contributed by atoms with van der Waals surface area (Å²) in [6, 6.07) is 9.87. The molecular weight excluding hydrogens is 524 g/mol. The van der Waals surface area contributed by atoms with Crippen molar-refractivity contribution in [1.29, 1.82) is 0 Å². The van der Waals surface area contributed by atoms with Gasteiger partial charge in [0.15, 0.2) is 11.5 Å². The van der Waals surface area contributed by atoms with Gasteiger partial charge in [0.25, 0.3) is 11.8 Å². The SMILES string of the molecule is COc1cc(C=C2C(=O)NC(=O)N(C3CCCCC3)C2=O)c(Br)cc1OCc1ccc(Cl)cc1. The van der Waals surface area contributed by atoms with Crippen molar-refractivity contribution >= 4 is 51.5 Å². The Balaban J connectivity index is 1.59. The third-order valence-corrected chi connectivity index (χ3v) is 6.90. The monoisotopic (exact) mass is 546 g/mol. The van der Waals surface area contributed by atoms with Gasteiger partial charge in [-0.25, -0.2) is 4.79 Å². The van der Waals surface area contributed by atoms with Gasteiger partial charge in [-0.1, -0.05) is 58.9 Å². The fourth-order valence-electron chi connectivity index (χ4n) is 4.17. The highest BCUT2D eigenvalue weighted by molar-refractivity contribution is 9.10. The number of hydrogen-bond acceptors (Lipinski definition) is 5. The van der Waals surface area contributed by atoms with Gasteiger partial charge in [0.05, 0.1) is 7.11 Å².